The number of nitrogens with zero attached hydrogens (tertiary/aromatic N) is 2. The summed E-state index contributed by atoms with van der Waals surface area (Å²) in [6.07, 6.45) is 1.36. The van der Waals surface area contributed by atoms with Crippen molar-refractivity contribution in [3.05, 3.63) is 71.0 Å². The SMILES string of the molecule is COc1cccc2cc(C(C)NC(=O)Cn3cnc4c(oc5ccccc54)c3=O)oc12. The lowest BCUT2D eigenvalue weighted by molar-refractivity contribution is -0.122. The third-order valence-corrected chi connectivity index (χ3v) is 5.22. The van der Waals surface area contributed by atoms with E-state index in [-0.39, 0.29) is 18.0 Å². The molecular weight excluding hydrogens is 398 g/mol. The topological polar surface area (TPSA) is 99.5 Å². The number of fused-ring (bicyclic) bond motifs is 4. The summed E-state index contributed by atoms with van der Waals surface area (Å²) in [5, 5.41) is 4.50. The Morgan fingerprint density at radius 1 is 1.16 bits per heavy atom. The van der Waals surface area contributed by atoms with Gasteiger partial charge in [0.1, 0.15) is 23.4 Å². The molecule has 0 fully saturated rings. The van der Waals surface area contributed by atoms with E-state index in [9.17, 15) is 9.59 Å². The average molecular weight is 417 g/mol. The van der Waals surface area contributed by atoms with Crippen molar-refractivity contribution >= 4 is 38.9 Å². The predicted molar refractivity (Wildman–Crippen MR) is 115 cm³/mol. The maximum atomic E-state index is 12.8. The fraction of sp³-hybridized carbons (Fsp3) is 0.174. The van der Waals surface area contributed by atoms with Crippen LogP contribution in [0.5, 0.6) is 5.75 Å². The molecule has 0 saturated heterocycles. The zero-order valence-electron chi connectivity index (χ0n) is 16.9. The van der Waals surface area contributed by atoms with Gasteiger partial charge in [0.05, 0.1) is 19.5 Å². The van der Waals surface area contributed by atoms with Crippen LogP contribution < -0.4 is 15.6 Å². The second kappa shape index (κ2) is 7.32. The summed E-state index contributed by atoms with van der Waals surface area (Å²) in [5.41, 5.74) is 1.42. The molecule has 1 atom stereocenters. The number of hydrogen-bond acceptors (Lipinski definition) is 6. The van der Waals surface area contributed by atoms with E-state index in [0.29, 0.717) is 28.2 Å². The molecule has 3 aromatic heterocycles. The number of nitrogens with one attached hydrogen (secondary N) is 1. The standard InChI is InChI=1S/C23H19N3O5/c1-13(18-10-14-6-5-9-17(29-2)21(14)31-18)25-19(27)11-26-12-24-20-15-7-3-4-8-16(15)30-22(20)23(26)28/h3-10,12-13H,11H2,1-2H3,(H,25,27). The van der Waals surface area contributed by atoms with Crippen molar-refractivity contribution in [3.63, 3.8) is 0 Å². The third-order valence-electron chi connectivity index (χ3n) is 5.22. The van der Waals surface area contributed by atoms with Crippen LogP contribution >= 0.6 is 0 Å². The number of para-hydroxylation sites is 2. The van der Waals surface area contributed by atoms with Gasteiger partial charge in [-0.2, -0.15) is 0 Å². The van der Waals surface area contributed by atoms with Crippen LogP contribution in [0.1, 0.15) is 18.7 Å². The fourth-order valence-electron chi connectivity index (χ4n) is 3.67. The monoisotopic (exact) mass is 417 g/mol. The number of aromatic nitrogens is 2. The number of benzene rings is 2. The van der Waals surface area contributed by atoms with E-state index in [2.05, 4.69) is 10.3 Å². The van der Waals surface area contributed by atoms with Crippen LogP contribution in [0, 0.1) is 0 Å². The maximum absolute atomic E-state index is 12.8. The Morgan fingerprint density at radius 3 is 2.84 bits per heavy atom. The summed E-state index contributed by atoms with van der Waals surface area (Å²) in [5.74, 6) is 0.865. The molecule has 0 radical (unpaired) electrons. The molecular formula is C23H19N3O5. The van der Waals surface area contributed by atoms with Crippen molar-refractivity contribution in [3.8, 4) is 5.75 Å². The molecule has 1 N–H and O–H groups in total. The molecule has 156 valence electrons. The lowest BCUT2D eigenvalue weighted by Gasteiger charge is -2.12. The van der Waals surface area contributed by atoms with E-state index in [0.717, 1.165) is 10.8 Å². The molecule has 0 spiro atoms. The number of amides is 1. The Hall–Kier alpha value is -4.07. The number of methoxy groups -OCH3 is 1. The van der Waals surface area contributed by atoms with E-state index in [4.69, 9.17) is 13.6 Å². The van der Waals surface area contributed by atoms with Gasteiger partial charge in [0, 0.05) is 10.8 Å². The summed E-state index contributed by atoms with van der Waals surface area (Å²) < 4.78 is 18.1. The zero-order chi connectivity index (χ0) is 21.5. The normalized spacial score (nSPS) is 12.5. The Morgan fingerprint density at radius 2 is 2.00 bits per heavy atom. The molecule has 1 unspecified atom stereocenters. The van der Waals surface area contributed by atoms with Gasteiger partial charge in [-0.25, -0.2) is 4.98 Å². The summed E-state index contributed by atoms with van der Waals surface area (Å²) in [6.45, 7) is 1.62. The maximum Gasteiger partial charge on any atom is 0.297 e. The number of hydrogen-bond donors (Lipinski definition) is 1. The first-order valence-corrected chi connectivity index (χ1v) is 9.77. The Bertz CT molecular complexity index is 1490. The Balaban J connectivity index is 1.38. The summed E-state index contributed by atoms with van der Waals surface area (Å²) >= 11 is 0. The van der Waals surface area contributed by atoms with Gasteiger partial charge < -0.3 is 18.9 Å². The summed E-state index contributed by atoms with van der Waals surface area (Å²) in [7, 11) is 1.58. The predicted octanol–water partition coefficient (Wildman–Crippen LogP) is 3.77. The van der Waals surface area contributed by atoms with Gasteiger partial charge in [0.25, 0.3) is 5.56 Å². The highest BCUT2D eigenvalue weighted by molar-refractivity contribution is 6.01. The van der Waals surface area contributed by atoms with Crippen molar-refractivity contribution in [2.24, 2.45) is 0 Å². The van der Waals surface area contributed by atoms with Crippen molar-refractivity contribution < 1.29 is 18.4 Å². The van der Waals surface area contributed by atoms with Gasteiger partial charge in [-0.1, -0.05) is 24.3 Å². The second-order valence-corrected chi connectivity index (χ2v) is 7.27. The minimum Gasteiger partial charge on any atom is -0.493 e. The molecule has 0 aliphatic rings. The summed E-state index contributed by atoms with van der Waals surface area (Å²) in [4.78, 5) is 29.7. The van der Waals surface area contributed by atoms with Gasteiger partial charge in [0.15, 0.2) is 11.3 Å². The Kier molecular flexibility index (Phi) is 4.47. The number of furan rings is 2. The van der Waals surface area contributed by atoms with E-state index in [1.807, 2.05) is 49.4 Å². The zero-order valence-corrected chi connectivity index (χ0v) is 16.9. The molecule has 3 heterocycles. The lowest BCUT2D eigenvalue weighted by atomic mass is 10.2. The van der Waals surface area contributed by atoms with Crippen LogP contribution in [0.15, 0.2) is 68.5 Å². The molecule has 1 amide bonds. The van der Waals surface area contributed by atoms with Crippen molar-refractivity contribution in [1.29, 1.82) is 0 Å². The first-order chi connectivity index (χ1) is 15.0. The van der Waals surface area contributed by atoms with E-state index < -0.39 is 11.6 Å². The molecule has 0 aliphatic carbocycles. The number of rotatable bonds is 5. The largest absolute Gasteiger partial charge is 0.493 e. The third kappa shape index (κ3) is 3.22. The number of carbonyl (C=O) groups excluding carboxylic acids is 1. The minimum absolute atomic E-state index is 0.133. The van der Waals surface area contributed by atoms with Crippen LogP contribution in [0.3, 0.4) is 0 Å². The molecule has 0 saturated carbocycles. The molecule has 5 aromatic rings. The van der Waals surface area contributed by atoms with Gasteiger partial charge in [0.2, 0.25) is 11.5 Å². The number of carbonyl (C=O) groups is 1. The summed E-state index contributed by atoms with van der Waals surface area (Å²) in [6, 6.07) is 14.3. The first-order valence-electron chi connectivity index (χ1n) is 9.77. The fourth-order valence-corrected chi connectivity index (χ4v) is 3.67. The molecule has 8 nitrogen and oxygen atoms in total. The van der Waals surface area contributed by atoms with E-state index in [1.165, 1.54) is 10.9 Å². The van der Waals surface area contributed by atoms with Crippen LogP contribution in [0.25, 0.3) is 33.0 Å². The van der Waals surface area contributed by atoms with E-state index >= 15 is 0 Å². The smallest absolute Gasteiger partial charge is 0.297 e. The molecule has 0 bridgehead atoms. The molecule has 2 aromatic carbocycles. The highest BCUT2D eigenvalue weighted by Gasteiger charge is 2.18. The lowest BCUT2D eigenvalue weighted by Crippen LogP contribution is -2.33. The van der Waals surface area contributed by atoms with Crippen molar-refractivity contribution in [2.75, 3.05) is 7.11 Å². The van der Waals surface area contributed by atoms with Gasteiger partial charge >= 0.3 is 0 Å². The highest BCUT2D eigenvalue weighted by Crippen LogP contribution is 2.31. The van der Waals surface area contributed by atoms with Crippen molar-refractivity contribution in [2.45, 2.75) is 19.5 Å². The Labute approximate surface area is 176 Å². The van der Waals surface area contributed by atoms with Crippen LogP contribution in [-0.4, -0.2) is 22.6 Å². The van der Waals surface area contributed by atoms with Gasteiger partial charge in [-0.3, -0.25) is 14.2 Å². The van der Waals surface area contributed by atoms with Crippen LogP contribution in [0.4, 0.5) is 0 Å². The molecule has 31 heavy (non-hydrogen) atoms. The van der Waals surface area contributed by atoms with E-state index in [1.54, 1.807) is 13.2 Å². The number of ether oxygens (including phenoxy) is 1. The van der Waals surface area contributed by atoms with Gasteiger partial charge in [-0.15, -0.1) is 0 Å². The van der Waals surface area contributed by atoms with Gasteiger partial charge in [-0.05, 0) is 31.2 Å². The average Bonchev–Trinajstić information content (AvgIpc) is 3.37. The second-order valence-electron chi connectivity index (χ2n) is 7.27. The molecule has 8 heteroatoms. The van der Waals surface area contributed by atoms with Crippen LogP contribution in [0.2, 0.25) is 0 Å². The molecule has 0 aliphatic heterocycles. The highest BCUT2D eigenvalue weighted by atomic mass is 16.5. The quantitative estimate of drug-likeness (QED) is 0.467. The minimum atomic E-state index is -0.405. The molecule has 5 rings (SSSR count). The first kappa shape index (κ1) is 18.9. The van der Waals surface area contributed by atoms with Crippen LogP contribution in [-0.2, 0) is 11.3 Å². The van der Waals surface area contributed by atoms with Crippen molar-refractivity contribution in [1.82, 2.24) is 14.9 Å².